The zero-order chi connectivity index (χ0) is 13.5. The second-order valence-electron chi connectivity index (χ2n) is 4.36. The lowest BCUT2D eigenvalue weighted by Gasteiger charge is -2.29. The predicted octanol–water partition coefficient (Wildman–Crippen LogP) is 2.77. The first-order valence-electron chi connectivity index (χ1n) is 6.55. The summed E-state index contributed by atoms with van der Waals surface area (Å²) in [6, 6.07) is 0. The molecule has 1 rings (SSSR count). The number of esters is 1. The van der Waals surface area contributed by atoms with E-state index in [2.05, 4.69) is 6.92 Å². The summed E-state index contributed by atoms with van der Waals surface area (Å²) in [7, 11) is 0. The quantitative estimate of drug-likeness (QED) is 0.556. The van der Waals surface area contributed by atoms with E-state index in [1.165, 1.54) is 0 Å². The number of rotatable bonds is 6. The van der Waals surface area contributed by atoms with E-state index in [9.17, 15) is 9.59 Å². The largest absolute Gasteiger partial charge is 0.465 e. The Kier molecular flexibility index (Phi) is 7.15. The number of hydrogen-bond donors (Lipinski definition) is 0. The van der Waals surface area contributed by atoms with E-state index in [-0.39, 0.29) is 17.0 Å². The van der Waals surface area contributed by atoms with Crippen molar-refractivity contribution in [2.75, 3.05) is 18.1 Å². The van der Waals surface area contributed by atoms with Crippen molar-refractivity contribution in [2.24, 2.45) is 5.92 Å². The molecule has 0 aromatic rings. The average molecular weight is 290 g/mol. The summed E-state index contributed by atoms with van der Waals surface area (Å²) in [5.74, 6) is 1.25. The minimum Gasteiger partial charge on any atom is -0.465 e. The third-order valence-corrected chi connectivity index (χ3v) is 6.07. The second kappa shape index (κ2) is 8.10. The lowest BCUT2D eigenvalue weighted by atomic mass is 9.95. The van der Waals surface area contributed by atoms with Gasteiger partial charge in [-0.05, 0) is 13.3 Å². The molecule has 0 N–H and O–H groups in total. The molecule has 0 radical (unpaired) electrons. The van der Waals surface area contributed by atoms with Crippen LogP contribution in [-0.4, -0.2) is 40.4 Å². The van der Waals surface area contributed by atoms with Gasteiger partial charge in [-0.2, -0.15) is 11.8 Å². The van der Waals surface area contributed by atoms with Crippen LogP contribution in [0.2, 0.25) is 0 Å². The summed E-state index contributed by atoms with van der Waals surface area (Å²) >= 11 is 3.51. The third-order valence-electron chi connectivity index (χ3n) is 2.96. The fourth-order valence-electron chi connectivity index (χ4n) is 2.05. The molecular weight excluding hydrogens is 268 g/mol. The molecule has 1 saturated heterocycles. The molecule has 0 aromatic heterocycles. The molecule has 1 aliphatic rings. The molecule has 0 saturated carbocycles. The number of thioether (sulfide) groups is 2. The summed E-state index contributed by atoms with van der Waals surface area (Å²) in [6.45, 7) is 6.19. The Hall–Kier alpha value is -0.160. The normalized spacial score (nSPS) is 25.5. The van der Waals surface area contributed by atoms with Gasteiger partial charge in [0.2, 0.25) is 0 Å². The van der Waals surface area contributed by atoms with E-state index in [0.29, 0.717) is 18.3 Å². The number of carbonyl (C=O) groups excluding carboxylic acids is 2. The zero-order valence-electron chi connectivity index (χ0n) is 11.3. The third kappa shape index (κ3) is 4.19. The first kappa shape index (κ1) is 15.9. The smallest absolute Gasteiger partial charge is 0.316 e. The van der Waals surface area contributed by atoms with E-state index in [1.807, 2.05) is 18.7 Å². The summed E-state index contributed by atoms with van der Waals surface area (Å²) in [5, 5.41) is 0.245. The average Bonchev–Trinajstić information content (AvgIpc) is 2.36. The number of carbonyl (C=O) groups is 2. The predicted molar refractivity (Wildman–Crippen MR) is 78.2 cm³/mol. The molecule has 0 bridgehead atoms. The second-order valence-corrected chi connectivity index (χ2v) is 7.10. The van der Waals surface area contributed by atoms with Crippen molar-refractivity contribution in [3.63, 3.8) is 0 Å². The molecule has 18 heavy (non-hydrogen) atoms. The van der Waals surface area contributed by atoms with Gasteiger partial charge in [0.1, 0.15) is 5.92 Å². The minimum atomic E-state index is -0.561. The summed E-state index contributed by atoms with van der Waals surface area (Å²) in [6.07, 6.45) is 1.43. The van der Waals surface area contributed by atoms with Crippen LogP contribution in [0.15, 0.2) is 0 Å². The van der Waals surface area contributed by atoms with Crippen molar-refractivity contribution in [2.45, 2.75) is 44.1 Å². The first-order valence-corrected chi connectivity index (χ1v) is 8.65. The first-order chi connectivity index (χ1) is 8.61. The van der Waals surface area contributed by atoms with Crippen molar-refractivity contribution in [3.05, 3.63) is 0 Å². The topological polar surface area (TPSA) is 43.4 Å². The Bertz CT molecular complexity index is 294. The van der Waals surface area contributed by atoms with Crippen LogP contribution in [0.3, 0.4) is 0 Å². The molecule has 0 aromatic carbocycles. The molecular formula is C13H22O3S2. The number of hydrogen-bond acceptors (Lipinski definition) is 5. The van der Waals surface area contributed by atoms with Gasteiger partial charge in [0.05, 0.1) is 11.9 Å². The molecule has 0 amide bonds. The van der Waals surface area contributed by atoms with Crippen molar-refractivity contribution < 1.29 is 14.3 Å². The van der Waals surface area contributed by atoms with Crippen molar-refractivity contribution in [1.82, 2.24) is 0 Å². The van der Waals surface area contributed by atoms with Crippen LogP contribution in [0, 0.1) is 5.92 Å². The summed E-state index contributed by atoms with van der Waals surface area (Å²) in [5.41, 5.74) is 0. The van der Waals surface area contributed by atoms with Gasteiger partial charge in [0, 0.05) is 16.8 Å². The van der Waals surface area contributed by atoms with Gasteiger partial charge in [-0.15, -0.1) is 11.8 Å². The maximum atomic E-state index is 12.5. The molecule has 104 valence electrons. The highest BCUT2D eigenvalue weighted by molar-refractivity contribution is 8.07. The molecule has 1 aliphatic heterocycles. The van der Waals surface area contributed by atoms with Crippen molar-refractivity contribution >= 4 is 35.3 Å². The van der Waals surface area contributed by atoms with Crippen LogP contribution in [0.1, 0.15) is 33.6 Å². The zero-order valence-corrected chi connectivity index (χ0v) is 12.9. The van der Waals surface area contributed by atoms with Gasteiger partial charge in [-0.3, -0.25) is 9.59 Å². The van der Waals surface area contributed by atoms with Gasteiger partial charge in [0.25, 0.3) is 0 Å². The molecule has 0 aliphatic carbocycles. The summed E-state index contributed by atoms with van der Waals surface area (Å²) < 4.78 is 5.03. The molecule has 3 atom stereocenters. The van der Waals surface area contributed by atoms with Crippen molar-refractivity contribution in [1.29, 1.82) is 0 Å². The Morgan fingerprint density at radius 3 is 2.50 bits per heavy atom. The number of ether oxygens (including phenoxy) is 1. The Morgan fingerprint density at radius 1 is 1.28 bits per heavy atom. The fourth-order valence-corrected chi connectivity index (χ4v) is 4.83. The molecule has 3 unspecified atom stereocenters. The van der Waals surface area contributed by atoms with Gasteiger partial charge in [-0.1, -0.05) is 20.3 Å². The maximum Gasteiger partial charge on any atom is 0.316 e. The van der Waals surface area contributed by atoms with Crippen LogP contribution in [0.4, 0.5) is 0 Å². The molecule has 3 nitrogen and oxygen atoms in total. The standard InChI is InChI=1S/C13H22O3S2/c1-4-6-10(13(15)16-5-2)11(14)12-9(3)17-7-8-18-12/h9-10,12H,4-8H2,1-3H3. The van der Waals surface area contributed by atoms with Crippen molar-refractivity contribution in [3.8, 4) is 0 Å². The lowest BCUT2D eigenvalue weighted by molar-refractivity contribution is -0.151. The molecule has 0 spiro atoms. The van der Waals surface area contributed by atoms with Gasteiger partial charge in [0.15, 0.2) is 5.78 Å². The monoisotopic (exact) mass is 290 g/mol. The maximum absolute atomic E-state index is 12.5. The van der Waals surface area contributed by atoms with E-state index in [1.54, 1.807) is 18.7 Å². The fraction of sp³-hybridized carbons (Fsp3) is 0.846. The Labute approximate surface area is 118 Å². The Balaban J connectivity index is 2.71. The minimum absolute atomic E-state index is 0.0512. The van der Waals surface area contributed by atoms with E-state index < -0.39 is 5.92 Å². The van der Waals surface area contributed by atoms with Gasteiger partial charge in [-0.25, -0.2) is 0 Å². The number of Topliss-reactive ketones (excluding diaryl/α,β-unsaturated/α-hetero) is 1. The molecule has 1 heterocycles. The van der Waals surface area contributed by atoms with Crippen LogP contribution >= 0.6 is 23.5 Å². The molecule has 1 fully saturated rings. The van der Waals surface area contributed by atoms with E-state index >= 15 is 0 Å². The highest BCUT2D eigenvalue weighted by Crippen LogP contribution is 2.34. The van der Waals surface area contributed by atoms with E-state index in [4.69, 9.17) is 4.74 Å². The van der Waals surface area contributed by atoms with Gasteiger partial charge >= 0.3 is 5.97 Å². The molecule has 5 heteroatoms. The van der Waals surface area contributed by atoms with E-state index in [0.717, 1.165) is 17.9 Å². The number of ketones is 1. The van der Waals surface area contributed by atoms with Crippen LogP contribution in [0.25, 0.3) is 0 Å². The van der Waals surface area contributed by atoms with Crippen LogP contribution < -0.4 is 0 Å². The highest BCUT2D eigenvalue weighted by atomic mass is 32.2. The summed E-state index contributed by atoms with van der Waals surface area (Å²) in [4.78, 5) is 24.3. The van der Waals surface area contributed by atoms with Crippen LogP contribution in [0.5, 0.6) is 0 Å². The van der Waals surface area contributed by atoms with Gasteiger partial charge < -0.3 is 4.74 Å². The lowest BCUT2D eigenvalue weighted by Crippen LogP contribution is -2.39. The Morgan fingerprint density at radius 2 is 1.94 bits per heavy atom. The van der Waals surface area contributed by atoms with Crippen LogP contribution in [-0.2, 0) is 14.3 Å². The SMILES string of the molecule is CCCC(C(=O)OCC)C(=O)C1SCCSC1C. The highest BCUT2D eigenvalue weighted by Gasteiger charge is 2.37.